The first-order chi connectivity index (χ1) is 12.8. The van der Waals surface area contributed by atoms with Crippen LogP contribution in [0.25, 0.3) is 0 Å². The van der Waals surface area contributed by atoms with Crippen LogP contribution in [0.2, 0.25) is 0 Å². The zero-order chi connectivity index (χ0) is 19.4. The number of rotatable bonds is 6. The summed E-state index contributed by atoms with van der Waals surface area (Å²) < 4.78 is 44.7. The lowest BCUT2D eigenvalue weighted by molar-refractivity contribution is -0.117. The zero-order valence-corrected chi connectivity index (χ0v) is 15.0. The minimum absolute atomic E-state index is 0.0411. The normalized spacial score (nSPS) is 18.8. The molecule has 3 rings (SSSR count). The Bertz CT molecular complexity index is 909. The summed E-state index contributed by atoms with van der Waals surface area (Å²) >= 11 is 0. The molecule has 0 radical (unpaired) electrons. The number of hydrogen-bond acceptors (Lipinski definition) is 6. The van der Waals surface area contributed by atoms with Crippen molar-refractivity contribution in [3.8, 4) is 5.75 Å². The quantitative estimate of drug-likeness (QED) is 0.711. The second kappa shape index (κ2) is 7.89. The first kappa shape index (κ1) is 19.1. The van der Waals surface area contributed by atoms with Gasteiger partial charge in [0.2, 0.25) is 0 Å². The minimum atomic E-state index is -3.45. The van der Waals surface area contributed by atoms with Crippen LogP contribution in [0.4, 0.5) is 4.39 Å². The lowest BCUT2D eigenvalue weighted by atomic mass is 10.1. The number of carbonyl (C=O) groups excluding carboxylic acids is 1. The summed E-state index contributed by atoms with van der Waals surface area (Å²) in [5, 5.41) is 12.5. The van der Waals surface area contributed by atoms with Gasteiger partial charge in [-0.3, -0.25) is 4.79 Å². The maximum Gasteiger partial charge on any atom is 0.256 e. The lowest BCUT2D eigenvalue weighted by Gasteiger charge is -2.27. The lowest BCUT2D eigenvalue weighted by Crippen LogP contribution is -2.39. The van der Waals surface area contributed by atoms with E-state index in [-0.39, 0.29) is 37.1 Å². The number of ether oxygens (including phenoxy) is 1. The van der Waals surface area contributed by atoms with Gasteiger partial charge in [0, 0.05) is 19.3 Å². The summed E-state index contributed by atoms with van der Waals surface area (Å²) in [4.78, 5) is 13.8. The molecular weight excluding hydrogens is 377 g/mol. The Morgan fingerprint density at radius 1 is 1.33 bits per heavy atom. The summed E-state index contributed by atoms with van der Waals surface area (Å²) in [5.41, 5.74) is 0.319. The number of aliphatic hydroxyl groups is 1. The fraction of sp³-hybridized carbons (Fsp3) is 0.294. The topological polar surface area (TPSA) is 108 Å². The Kier molecular flexibility index (Phi) is 5.57. The van der Waals surface area contributed by atoms with Crippen molar-refractivity contribution in [2.45, 2.75) is 6.10 Å². The third-order valence-electron chi connectivity index (χ3n) is 3.84. The fourth-order valence-electron chi connectivity index (χ4n) is 2.43. The second-order valence-corrected chi connectivity index (χ2v) is 7.73. The van der Waals surface area contributed by atoms with E-state index in [1.165, 1.54) is 42.6 Å². The molecule has 0 spiro atoms. The second-order valence-electron chi connectivity index (χ2n) is 5.98. The Balaban J connectivity index is 1.49. The predicted molar refractivity (Wildman–Crippen MR) is 96.1 cm³/mol. The van der Waals surface area contributed by atoms with Crippen LogP contribution in [-0.4, -0.2) is 61.7 Å². The highest BCUT2D eigenvalue weighted by Gasteiger charge is 2.25. The summed E-state index contributed by atoms with van der Waals surface area (Å²) in [7, 11) is -3.45. The fourth-order valence-corrected chi connectivity index (χ4v) is 3.40. The first-order valence-electron chi connectivity index (χ1n) is 8.16. The Morgan fingerprint density at radius 2 is 2.07 bits per heavy atom. The van der Waals surface area contributed by atoms with E-state index >= 15 is 0 Å². The summed E-state index contributed by atoms with van der Waals surface area (Å²) in [6.45, 7) is 0.110. The third kappa shape index (κ3) is 5.14. The van der Waals surface area contributed by atoms with Crippen LogP contribution >= 0.6 is 0 Å². The number of amides is 1. The van der Waals surface area contributed by atoms with Gasteiger partial charge in [-0.15, -0.1) is 4.40 Å². The number of fused-ring (bicyclic) bond motifs is 1. The molecule has 1 aromatic carbocycles. The highest BCUT2D eigenvalue weighted by atomic mass is 32.2. The number of amidine groups is 1. The van der Waals surface area contributed by atoms with Crippen molar-refractivity contribution in [2.24, 2.45) is 4.40 Å². The average Bonchev–Trinajstić information content (AvgIpc) is 2.64. The van der Waals surface area contributed by atoms with Crippen LogP contribution in [0, 0.1) is 5.82 Å². The molecule has 0 aliphatic carbocycles. The highest BCUT2D eigenvalue weighted by molar-refractivity contribution is 7.90. The minimum Gasteiger partial charge on any atom is -0.491 e. The van der Waals surface area contributed by atoms with Crippen LogP contribution in [0.1, 0.15) is 0 Å². The average molecular weight is 395 g/mol. The van der Waals surface area contributed by atoms with Crippen molar-refractivity contribution >= 4 is 21.8 Å². The number of aliphatic hydroxyl groups excluding tert-OH is 1. The van der Waals surface area contributed by atoms with Gasteiger partial charge in [-0.1, -0.05) is 0 Å². The van der Waals surface area contributed by atoms with Crippen LogP contribution in [-0.2, 0) is 14.8 Å². The molecule has 1 amide bonds. The van der Waals surface area contributed by atoms with E-state index in [9.17, 15) is 22.7 Å². The summed E-state index contributed by atoms with van der Waals surface area (Å²) in [6, 6.07) is 5.37. The van der Waals surface area contributed by atoms with E-state index in [2.05, 4.69) is 9.71 Å². The molecule has 2 N–H and O–H groups in total. The number of sulfonamides is 1. The van der Waals surface area contributed by atoms with Gasteiger partial charge in [0.05, 0.1) is 11.3 Å². The molecule has 0 aromatic heterocycles. The molecule has 8 nitrogen and oxygen atoms in total. The molecule has 144 valence electrons. The monoisotopic (exact) mass is 395 g/mol. The third-order valence-corrected chi connectivity index (χ3v) is 5.00. The molecule has 27 heavy (non-hydrogen) atoms. The molecule has 2 aliphatic rings. The highest BCUT2D eigenvalue weighted by Crippen LogP contribution is 2.16. The van der Waals surface area contributed by atoms with Crippen molar-refractivity contribution in [3.05, 3.63) is 54.0 Å². The van der Waals surface area contributed by atoms with Crippen LogP contribution in [0.5, 0.6) is 5.75 Å². The SMILES string of the molecule is O=C(NCC(O)COc1ccc(F)cc1)C1=CN2CCS(=O)(=O)N=C2C=C1. The van der Waals surface area contributed by atoms with Gasteiger partial charge < -0.3 is 20.1 Å². The van der Waals surface area contributed by atoms with E-state index in [0.29, 0.717) is 11.3 Å². The van der Waals surface area contributed by atoms with Gasteiger partial charge in [0.15, 0.2) is 0 Å². The van der Waals surface area contributed by atoms with Crippen LogP contribution < -0.4 is 10.1 Å². The maximum absolute atomic E-state index is 12.8. The van der Waals surface area contributed by atoms with Crippen molar-refractivity contribution < 1.29 is 27.4 Å². The maximum atomic E-state index is 12.8. The summed E-state index contributed by atoms with van der Waals surface area (Å²) in [5.74, 6) is -0.241. The molecule has 0 saturated carbocycles. The largest absolute Gasteiger partial charge is 0.491 e. The van der Waals surface area contributed by atoms with Crippen molar-refractivity contribution in [1.82, 2.24) is 10.2 Å². The zero-order valence-electron chi connectivity index (χ0n) is 14.2. The Labute approximate surface area is 155 Å². The predicted octanol–water partition coefficient (Wildman–Crippen LogP) is 0.179. The molecule has 0 saturated heterocycles. The van der Waals surface area contributed by atoms with Gasteiger partial charge in [-0.25, -0.2) is 12.8 Å². The Hall–Kier alpha value is -2.72. The number of carbonyl (C=O) groups is 1. The standard InChI is InChI=1S/C17H18FN3O5S/c18-13-2-4-15(5-3-13)26-11-14(22)9-19-17(23)12-1-6-16-20-27(24,25)8-7-21(16)10-12/h1-6,10,14,22H,7-9,11H2,(H,19,23). The van der Waals surface area contributed by atoms with Gasteiger partial charge in [-0.05, 0) is 36.4 Å². The van der Waals surface area contributed by atoms with Gasteiger partial charge >= 0.3 is 0 Å². The van der Waals surface area contributed by atoms with E-state index in [1.807, 2.05) is 0 Å². The molecule has 1 atom stereocenters. The Morgan fingerprint density at radius 3 is 2.81 bits per heavy atom. The molecule has 10 heteroatoms. The van der Waals surface area contributed by atoms with Gasteiger partial charge in [-0.2, -0.15) is 0 Å². The number of nitrogens with one attached hydrogen (secondary N) is 1. The molecule has 0 bridgehead atoms. The number of nitrogens with zero attached hydrogens (tertiary/aromatic N) is 2. The van der Waals surface area contributed by atoms with Crippen molar-refractivity contribution in [1.29, 1.82) is 0 Å². The van der Waals surface area contributed by atoms with Crippen molar-refractivity contribution in [3.63, 3.8) is 0 Å². The van der Waals surface area contributed by atoms with Crippen LogP contribution in [0.3, 0.4) is 0 Å². The van der Waals surface area contributed by atoms with Crippen LogP contribution in [0.15, 0.2) is 52.6 Å². The summed E-state index contributed by atoms with van der Waals surface area (Å²) in [6.07, 6.45) is 3.49. The van der Waals surface area contributed by atoms with E-state index < -0.39 is 22.0 Å². The van der Waals surface area contributed by atoms with E-state index in [0.717, 1.165) is 0 Å². The first-order valence-corrected chi connectivity index (χ1v) is 9.77. The molecule has 1 aromatic rings. The van der Waals surface area contributed by atoms with Gasteiger partial charge in [0.25, 0.3) is 15.9 Å². The van der Waals surface area contributed by atoms with E-state index in [1.54, 1.807) is 4.90 Å². The van der Waals surface area contributed by atoms with Gasteiger partial charge in [0.1, 0.15) is 30.1 Å². The molecular formula is C17H18FN3O5S. The molecule has 1 unspecified atom stereocenters. The molecule has 2 heterocycles. The molecule has 0 fully saturated rings. The smallest absolute Gasteiger partial charge is 0.256 e. The van der Waals surface area contributed by atoms with E-state index in [4.69, 9.17) is 4.74 Å². The molecule has 2 aliphatic heterocycles. The number of benzene rings is 1. The van der Waals surface area contributed by atoms with Crippen molar-refractivity contribution in [2.75, 3.05) is 25.4 Å². The number of hydrogen-bond donors (Lipinski definition) is 2. The number of halogens is 1.